The normalized spacial score (nSPS) is 13.7. The minimum atomic E-state index is -0.394. The molecule has 1 fully saturated rings. The molecule has 0 radical (unpaired) electrons. The van der Waals surface area contributed by atoms with Gasteiger partial charge in [-0.15, -0.1) is 0 Å². The predicted molar refractivity (Wildman–Crippen MR) is 105 cm³/mol. The lowest BCUT2D eigenvalue weighted by molar-refractivity contribution is -0.130. The first-order chi connectivity index (χ1) is 13.3. The summed E-state index contributed by atoms with van der Waals surface area (Å²) in [7, 11) is 0. The average molecular weight is 401 g/mol. The SMILES string of the molecule is CC(=O)Nc1ccc(NC(=O)c2ccc(N3NC(=O)CCC3=O)cc2)c(Cl)c1. The Morgan fingerprint density at radius 1 is 1.04 bits per heavy atom. The number of halogens is 1. The van der Waals surface area contributed by atoms with E-state index in [-0.39, 0.29) is 35.6 Å². The summed E-state index contributed by atoms with van der Waals surface area (Å²) < 4.78 is 0. The highest BCUT2D eigenvalue weighted by molar-refractivity contribution is 6.34. The lowest BCUT2D eigenvalue weighted by Crippen LogP contribution is -2.50. The number of carbonyl (C=O) groups is 4. The maximum atomic E-state index is 12.4. The van der Waals surface area contributed by atoms with Gasteiger partial charge >= 0.3 is 0 Å². The fourth-order valence-electron chi connectivity index (χ4n) is 2.64. The molecular formula is C19H17ClN4O4. The van der Waals surface area contributed by atoms with Crippen molar-refractivity contribution in [1.29, 1.82) is 0 Å². The Balaban J connectivity index is 1.70. The Kier molecular flexibility index (Phi) is 5.60. The van der Waals surface area contributed by atoms with Gasteiger partial charge in [-0.25, -0.2) is 5.01 Å². The van der Waals surface area contributed by atoms with E-state index in [1.165, 1.54) is 30.1 Å². The molecule has 1 aliphatic rings. The van der Waals surface area contributed by atoms with Crippen molar-refractivity contribution < 1.29 is 19.2 Å². The van der Waals surface area contributed by atoms with Crippen molar-refractivity contribution in [3.8, 4) is 0 Å². The topological polar surface area (TPSA) is 108 Å². The summed E-state index contributed by atoms with van der Waals surface area (Å²) in [6, 6.07) is 11.0. The number of hydrazine groups is 1. The van der Waals surface area contributed by atoms with Crippen LogP contribution in [0.5, 0.6) is 0 Å². The Morgan fingerprint density at radius 3 is 2.39 bits per heavy atom. The van der Waals surface area contributed by atoms with Gasteiger partial charge < -0.3 is 10.6 Å². The van der Waals surface area contributed by atoms with Crippen molar-refractivity contribution in [2.24, 2.45) is 0 Å². The molecule has 0 atom stereocenters. The maximum Gasteiger partial charge on any atom is 0.255 e. The highest BCUT2D eigenvalue weighted by atomic mass is 35.5. The molecule has 0 aromatic heterocycles. The van der Waals surface area contributed by atoms with Crippen LogP contribution in [0.1, 0.15) is 30.1 Å². The lowest BCUT2D eigenvalue weighted by atomic mass is 10.1. The summed E-state index contributed by atoms with van der Waals surface area (Å²) in [6.07, 6.45) is 0.304. The number of anilines is 3. The molecule has 2 aromatic rings. The summed E-state index contributed by atoms with van der Waals surface area (Å²) in [5.74, 6) is -1.08. The third kappa shape index (κ3) is 4.47. The smallest absolute Gasteiger partial charge is 0.255 e. The molecule has 1 aliphatic heterocycles. The van der Waals surface area contributed by atoms with E-state index in [9.17, 15) is 19.2 Å². The Labute approximate surface area is 165 Å². The van der Waals surface area contributed by atoms with Crippen LogP contribution in [-0.2, 0) is 14.4 Å². The summed E-state index contributed by atoms with van der Waals surface area (Å²) >= 11 is 6.15. The van der Waals surface area contributed by atoms with Gasteiger partial charge in [0, 0.05) is 31.0 Å². The van der Waals surface area contributed by atoms with Crippen LogP contribution in [0.15, 0.2) is 42.5 Å². The molecule has 1 heterocycles. The minimum Gasteiger partial charge on any atom is -0.326 e. The van der Waals surface area contributed by atoms with E-state index in [1.807, 2.05) is 0 Å². The molecule has 3 rings (SSSR count). The van der Waals surface area contributed by atoms with Gasteiger partial charge in [-0.05, 0) is 42.5 Å². The third-order valence-electron chi connectivity index (χ3n) is 3.98. The van der Waals surface area contributed by atoms with Crippen LogP contribution in [0.3, 0.4) is 0 Å². The number of nitrogens with zero attached hydrogens (tertiary/aromatic N) is 1. The Hall–Kier alpha value is -3.39. The Morgan fingerprint density at radius 2 is 1.75 bits per heavy atom. The third-order valence-corrected chi connectivity index (χ3v) is 4.29. The zero-order valence-electron chi connectivity index (χ0n) is 14.9. The molecular weight excluding hydrogens is 384 g/mol. The van der Waals surface area contributed by atoms with E-state index in [0.29, 0.717) is 22.6 Å². The second-order valence-electron chi connectivity index (χ2n) is 6.14. The lowest BCUT2D eigenvalue weighted by Gasteiger charge is -2.27. The van der Waals surface area contributed by atoms with Crippen LogP contribution < -0.4 is 21.1 Å². The van der Waals surface area contributed by atoms with E-state index in [4.69, 9.17) is 11.6 Å². The first-order valence-electron chi connectivity index (χ1n) is 8.44. The first-order valence-corrected chi connectivity index (χ1v) is 8.82. The number of carbonyl (C=O) groups excluding carboxylic acids is 4. The second-order valence-corrected chi connectivity index (χ2v) is 6.55. The van der Waals surface area contributed by atoms with Crippen molar-refractivity contribution in [3.63, 3.8) is 0 Å². The van der Waals surface area contributed by atoms with Crippen LogP contribution in [0.25, 0.3) is 0 Å². The minimum absolute atomic E-state index is 0.140. The van der Waals surface area contributed by atoms with Crippen molar-refractivity contribution in [2.75, 3.05) is 15.6 Å². The number of amides is 4. The van der Waals surface area contributed by atoms with Gasteiger partial charge in [-0.3, -0.25) is 24.6 Å². The monoisotopic (exact) mass is 400 g/mol. The molecule has 4 amide bonds. The van der Waals surface area contributed by atoms with Gasteiger partial charge in [-0.1, -0.05) is 11.6 Å². The number of rotatable bonds is 4. The van der Waals surface area contributed by atoms with Gasteiger partial charge in [0.2, 0.25) is 17.7 Å². The quantitative estimate of drug-likeness (QED) is 0.733. The molecule has 3 N–H and O–H groups in total. The molecule has 0 saturated carbocycles. The fourth-order valence-corrected chi connectivity index (χ4v) is 2.87. The summed E-state index contributed by atoms with van der Waals surface area (Å²) in [5.41, 5.74) is 4.22. The van der Waals surface area contributed by atoms with E-state index in [0.717, 1.165) is 0 Å². The molecule has 9 heteroatoms. The number of hydrogen-bond acceptors (Lipinski definition) is 4. The van der Waals surface area contributed by atoms with Gasteiger partial charge in [0.1, 0.15) is 0 Å². The summed E-state index contributed by atoms with van der Waals surface area (Å²) in [6.45, 7) is 1.39. The Bertz CT molecular complexity index is 959. The summed E-state index contributed by atoms with van der Waals surface area (Å²) in [4.78, 5) is 46.9. The van der Waals surface area contributed by atoms with Crippen molar-refractivity contribution >= 4 is 52.3 Å². The van der Waals surface area contributed by atoms with E-state index in [1.54, 1.807) is 24.3 Å². The van der Waals surface area contributed by atoms with Crippen LogP contribution in [0, 0.1) is 0 Å². The van der Waals surface area contributed by atoms with E-state index >= 15 is 0 Å². The van der Waals surface area contributed by atoms with Gasteiger partial charge in [0.05, 0.1) is 16.4 Å². The summed E-state index contributed by atoms with van der Waals surface area (Å²) in [5, 5.41) is 6.74. The number of nitrogens with one attached hydrogen (secondary N) is 3. The molecule has 2 aromatic carbocycles. The zero-order chi connectivity index (χ0) is 20.3. The van der Waals surface area contributed by atoms with Gasteiger partial charge in [0.25, 0.3) is 5.91 Å². The standard InChI is InChI=1S/C19H17ClN4O4/c1-11(25)21-13-4-7-16(15(20)10-13)22-19(28)12-2-5-14(6-3-12)24-18(27)9-8-17(26)23-24/h2-7,10H,8-9H2,1H3,(H,21,25)(H,22,28)(H,23,26). The van der Waals surface area contributed by atoms with Crippen molar-refractivity contribution in [2.45, 2.75) is 19.8 Å². The number of benzene rings is 2. The molecule has 28 heavy (non-hydrogen) atoms. The zero-order valence-corrected chi connectivity index (χ0v) is 15.7. The molecule has 0 spiro atoms. The second kappa shape index (κ2) is 8.10. The molecule has 0 bridgehead atoms. The average Bonchev–Trinajstić information content (AvgIpc) is 2.65. The van der Waals surface area contributed by atoms with Crippen LogP contribution in [0.2, 0.25) is 5.02 Å². The van der Waals surface area contributed by atoms with Gasteiger partial charge in [0.15, 0.2) is 0 Å². The highest BCUT2D eigenvalue weighted by Crippen LogP contribution is 2.26. The molecule has 0 aliphatic carbocycles. The fraction of sp³-hybridized carbons (Fsp3) is 0.158. The first kappa shape index (κ1) is 19.4. The number of hydrogen-bond donors (Lipinski definition) is 3. The van der Waals surface area contributed by atoms with Gasteiger partial charge in [-0.2, -0.15) is 0 Å². The highest BCUT2D eigenvalue weighted by Gasteiger charge is 2.24. The van der Waals surface area contributed by atoms with Crippen LogP contribution in [0.4, 0.5) is 17.1 Å². The maximum absolute atomic E-state index is 12.4. The van der Waals surface area contributed by atoms with Crippen molar-refractivity contribution in [1.82, 2.24) is 5.43 Å². The molecule has 8 nitrogen and oxygen atoms in total. The molecule has 144 valence electrons. The van der Waals surface area contributed by atoms with Crippen LogP contribution >= 0.6 is 11.6 Å². The predicted octanol–water partition coefficient (Wildman–Crippen LogP) is 2.71. The molecule has 1 saturated heterocycles. The van der Waals surface area contributed by atoms with Crippen molar-refractivity contribution in [3.05, 3.63) is 53.1 Å². The van der Waals surface area contributed by atoms with E-state index in [2.05, 4.69) is 16.1 Å². The molecule has 0 unspecified atom stereocenters. The van der Waals surface area contributed by atoms with Crippen LogP contribution in [-0.4, -0.2) is 23.6 Å². The van der Waals surface area contributed by atoms with E-state index < -0.39 is 5.91 Å². The largest absolute Gasteiger partial charge is 0.326 e.